The molecule has 3 atom stereocenters. The van der Waals surface area contributed by atoms with Crippen molar-refractivity contribution >= 4 is 23.5 Å². The van der Waals surface area contributed by atoms with Gasteiger partial charge in [0.25, 0.3) is 0 Å². The first-order chi connectivity index (χ1) is 8.77. The topological polar surface area (TPSA) is 21.3 Å². The van der Waals surface area contributed by atoms with Gasteiger partial charge in [0.2, 0.25) is 0 Å². The van der Waals surface area contributed by atoms with Crippen LogP contribution in [0.15, 0.2) is 24.3 Å². The first-order valence-corrected chi connectivity index (χ1v) is 8.41. The van der Waals surface area contributed by atoms with Crippen LogP contribution in [0.5, 0.6) is 5.75 Å². The van der Waals surface area contributed by atoms with E-state index in [0.717, 1.165) is 5.75 Å². The number of hydrogen-bond acceptors (Lipinski definition) is 4. The summed E-state index contributed by atoms with van der Waals surface area (Å²) in [5, 5.41) is 4.75. The Bertz CT molecular complexity index is 386. The fourth-order valence-electron chi connectivity index (χ4n) is 2.44. The maximum absolute atomic E-state index is 5.50. The summed E-state index contributed by atoms with van der Waals surface area (Å²) in [7, 11) is 3.79. The molecule has 4 heteroatoms. The highest BCUT2D eigenvalue weighted by Crippen LogP contribution is 2.40. The number of rotatable bonds is 4. The lowest BCUT2D eigenvalue weighted by Crippen LogP contribution is -2.36. The molecular weight excluding hydrogens is 262 g/mol. The molecular formula is C14H21NOS2. The average molecular weight is 283 g/mol. The second-order valence-electron chi connectivity index (χ2n) is 4.42. The van der Waals surface area contributed by atoms with Crippen LogP contribution < -0.4 is 10.1 Å². The van der Waals surface area contributed by atoms with E-state index in [1.54, 1.807) is 7.11 Å². The highest BCUT2D eigenvalue weighted by molar-refractivity contribution is 8.07. The molecule has 0 amide bonds. The van der Waals surface area contributed by atoms with Crippen molar-refractivity contribution in [2.75, 3.05) is 25.7 Å². The number of benzene rings is 1. The van der Waals surface area contributed by atoms with Crippen LogP contribution in [0.4, 0.5) is 0 Å². The summed E-state index contributed by atoms with van der Waals surface area (Å²) in [6.07, 6.45) is 0. The van der Waals surface area contributed by atoms with Crippen LogP contribution in [-0.4, -0.2) is 36.2 Å². The summed E-state index contributed by atoms with van der Waals surface area (Å²) >= 11 is 4.16. The first-order valence-electron chi connectivity index (χ1n) is 6.31. The SMILES string of the molecule is CNC(c1ccccc1OC)C1SCCSC1C. The molecule has 0 bridgehead atoms. The molecule has 1 N–H and O–H groups in total. The van der Waals surface area contributed by atoms with E-state index in [4.69, 9.17) is 4.74 Å². The molecule has 0 spiro atoms. The smallest absolute Gasteiger partial charge is 0.123 e. The fraction of sp³-hybridized carbons (Fsp3) is 0.571. The Kier molecular flexibility index (Phi) is 5.27. The van der Waals surface area contributed by atoms with E-state index < -0.39 is 0 Å². The van der Waals surface area contributed by atoms with E-state index in [0.29, 0.717) is 16.5 Å². The second kappa shape index (κ2) is 6.73. The molecule has 0 aliphatic carbocycles. The monoisotopic (exact) mass is 283 g/mol. The van der Waals surface area contributed by atoms with Crippen molar-refractivity contribution in [1.82, 2.24) is 5.32 Å². The van der Waals surface area contributed by atoms with Gasteiger partial charge in [0.05, 0.1) is 7.11 Å². The van der Waals surface area contributed by atoms with Gasteiger partial charge in [0.15, 0.2) is 0 Å². The van der Waals surface area contributed by atoms with Crippen molar-refractivity contribution < 1.29 is 4.74 Å². The van der Waals surface area contributed by atoms with Crippen molar-refractivity contribution in [3.63, 3.8) is 0 Å². The summed E-state index contributed by atoms with van der Waals surface area (Å²) in [6.45, 7) is 2.33. The summed E-state index contributed by atoms with van der Waals surface area (Å²) in [4.78, 5) is 0. The Labute approximate surface area is 118 Å². The third-order valence-corrected chi connectivity index (χ3v) is 6.55. The minimum absolute atomic E-state index is 0.356. The number of nitrogens with one attached hydrogen (secondary N) is 1. The second-order valence-corrected chi connectivity index (χ2v) is 7.19. The van der Waals surface area contributed by atoms with Gasteiger partial charge in [-0.1, -0.05) is 25.1 Å². The Morgan fingerprint density at radius 2 is 2.00 bits per heavy atom. The standard InChI is InChI=1S/C14H21NOS2/c1-10-14(18-9-8-17-10)13(15-2)11-6-4-5-7-12(11)16-3/h4-7,10,13-15H,8-9H2,1-3H3. The van der Waals surface area contributed by atoms with Gasteiger partial charge >= 0.3 is 0 Å². The average Bonchev–Trinajstić information content (AvgIpc) is 2.42. The van der Waals surface area contributed by atoms with Gasteiger partial charge in [0, 0.05) is 33.6 Å². The van der Waals surface area contributed by atoms with Crippen molar-refractivity contribution in [2.24, 2.45) is 0 Å². The number of methoxy groups -OCH3 is 1. The Morgan fingerprint density at radius 1 is 1.28 bits per heavy atom. The zero-order valence-electron chi connectivity index (χ0n) is 11.2. The molecule has 18 heavy (non-hydrogen) atoms. The number of hydrogen-bond donors (Lipinski definition) is 1. The highest BCUT2D eigenvalue weighted by atomic mass is 32.2. The van der Waals surface area contributed by atoms with E-state index in [2.05, 4.69) is 47.9 Å². The van der Waals surface area contributed by atoms with E-state index in [1.807, 2.05) is 19.2 Å². The summed E-state index contributed by atoms with van der Waals surface area (Å²) in [5.41, 5.74) is 1.27. The van der Waals surface area contributed by atoms with E-state index >= 15 is 0 Å². The molecule has 3 unspecified atom stereocenters. The summed E-state index contributed by atoms with van der Waals surface area (Å²) in [6, 6.07) is 8.70. The van der Waals surface area contributed by atoms with Gasteiger partial charge < -0.3 is 10.1 Å². The van der Waals surface area contributed by atoms with Crippen LogP contribution in [-0.2, 0) is 0 Å². The van der Waals surface area contributed by atoms with Crippen LogP contribution in [0.2, 0.25) is 0 Å². The van der Waals surface area contributed by atoms with Crippen molar-refractivity contribution in [1.29, 1.82) is 0 Å². The third kappa shape index (κ3) is 2.98. The van der Waals surface area contributed by atoms with Crippen molar-refractivity contribution in [2.45, 2.75) is 23.5 Å². The molecule has 1 heterocycles. The number of para-hydroxylation sites is 1. The normalized spacial score (nSPS) is 25.7. The van der Waals surface area contributed by atoms with E-state index in [1.165, 1.54) is 17.1 Å². The number of thioether (sulfide) groups is 2. The Hall–Kier alpha value is -0.320. The zero-order valence-corrected chi connectivity index (χ0v) is 12.8. The van der Waals surface area contributed by atoms with Crippen molar-refractivity contribution in [3.8, 4) is 5.75 Å². The third-order valence-electron chi connectivity index (χ3n) is 3.35. The molecule has 2 nitrogen and oxygen atoms in total. The van der Waals surface area contributed by atoms with Crippen LogP contribution in [0.25, 0.3) is 0 Å². The Balaban J connectivity index is 2.26. The highest BCUT2D eigenvalue weighted by Gasteiger charge is 2.31. The summed E-state index contributed by atoms with van der Waals surface area (Å²) in [5.74, 6) is 3.50. The molecule has 2 rings (SSSR count). The molecule has 1 aliphatic heterocycles. The molecule has 0 aromatic heterocycles. The zero-order chi connectivity index (χ0) is 13.0. The van der Waals surface area contributed by atoms with Gasteiger partial charge in [-0.05, 0) is 13.1 Å². The molecule has 1 aromatic rings. The molecule has 100 valence electrons. The van der Waals surface area contributed by atoms with Crippen LogP contribution in [0, 0.1) is 0 Å². The van der Waals surface area contributed by atoms with Gasteiger partial charge in [0.1, 0.15) is 5.75 Å². The molecule has 0 radical (unpaired) electrons. The van der Waals surface area contributed by atoms with Crippen LogP contribution in [0.1, 0.15) is 18.5 Å². The quantitative estimate of drug-likeness (QED) is 0.916. The first kappa shape index (κ1) is 14.1. The summed E-state index contributed by atoms with van der Waals surface area (Å²) < 4.78 is 5.50. The van der Waals surface area contributed by atoms with Crippen LogP contribution >= 0.6 is 23.5 Å². The lowest BCUT2D eigenvalue weighted by Gasteiger charge is -2.35. The molecule has 1 saturated heterocycles. The lowest BCUT2D eigenvalue weighted by molar-refractivity contribution is 0.400. The van der Waals surface area contributed by atoms with E-state index in [9.17, 15) is 0 Å². The predicted molar refractivity (Wildman–Crippen MR) is 83.0 cm³/mol. The molecule has 1 aromatic carbocycles. The van der Waals surface area contributed by atoms with Crippen molar-refractivity contribution in [3.05, 3.63) is 29.8 Å². The van der Waals surface area contributed by atoms with Gasteiger partial charge in [-0.15, -0.1) is 0 Å². The maximum atomic E-state index is 5.50. The minimum atomic E-state index is 0.356. The van der Waals surface area contributed by atoms with Gasteiger partial charge in [-0.25, -0.2) is 0 Å². The Morgan fingerprint density at radius 3 is 2.67 bits per heavy atom. The lowest BCUT2D eigenvalue weighted by atomic mass is 10.0. The minimum Gasteiger partial charge on any atom is -0.496 e. The molecule has 1 fully saturated rings. The van der Waals surface area contributed by atoms with Gasteiger partial charge in [-0.2, -0.15) is 23.5 Å². The fourth-order valence-corrected chi connectivity index (χ4v) is 5.41. The van der Waals surface area contributed by atoms with Crippen LogP contribution in [0.3, 0.4) is 0 Å². The number of ether oxygens (including phenoxy) is 1. The molecule has 1 aliphatic rings. The molecule has 0 saturated carbocycles. The van der Waals surface area contributed by atoms with Gasteiger partial charge in [-0.3, -0.25) is 0 Å². The van der Waals surface area contributed by atoms with E-state index in [-0.39, 0.29) is 0 Å². The predicted octanol–water partition coefficient (Wildman–Crippen LogP) is 3.19. The largest absolute Gasteiger partial charge is 0.496 e. The maximum Gasteiger partial charge on any atom is 0.123 e.